The Hall–Kier alpha value is -2.00. The van der Waals surface area contributed by atoms with Crippen LogP contribution in [-0.4, -0.2) is 0 Å². The van der Waals surface area contributed by atoms with Crippen LogP contribution in [0.5, 0.6) is 0 Å². The molecule has 0 amide bonds. The average molecular weight is 288 g/mol. The van der Waals surface area contributed by atoms with Crippen molar-refractivity contribution in [3.63, 3.8) is 0 Å². The highest BCUT2D eigenvalue weighted by molar-refractivity contribution is 5.22. The number of benzene rings is 2. The highest BCUT2D eigenvalue weighted by Gasteiger charge is 2.51. The van der Waals surface area contributed by atoms with Crippen molar-refractivity contribution in [3.8, 4) is 12.3 Å². The normalized spacial score (nSPS) is 23.0. The zero-order chi connectivity index (χ0) is 15.3. The first-order valence-electron chi connectivity index (χ1n) is 8.38. The van der Waals surface area contributed by atoms with Gasteiger partial charge in [-0.3, -0.25) is 0 Å². The van der Waals surface area contributed by atoms with Gasteiger partial charge in [0.15, 0.2) is 0 Å². The van der Waals surface area contributed by atoms with Crippen molar-refractivity contribution >= 4 is 0 Å². The lowest BCUT2D eigenvalue weighted by atomic mass is 9.93. The average Bonchev–Trinajstić information content (AvgIpc) is 3.29. The Morgan fingerprint density at radius 2 is 1.50 bits per heavy atom. The summed E-state index contributed by atoms with van der Waals surface area (Å²) in [6, 6.07) is 21.5. The standard InChI is InChI=1S/C22H24/c1-2-22(17-9-14-19-10-5-3-6-11-19)18-21(22)16-15-20-12-7-4-8-13-20/h1,3-8,10-13,21H,9,14-18H2/t21-,22+/m1/s1. The Morgan fingerprint density at radius 1 is 0.909 bits per heavy atom. The summed E-state index contributed by atoms with van der Waals surface area (Å²) in [5.74, 6) is 3.86. The molecule has 0 saturated heterocycles. The quantitative estimate of drug-likeness (QED) is 0.608. The fraction of sp³-hybridized carbons (Fsp3) is 0.364. The Labute approximate surface area is 134 Å². The van der Waals surface area contributed by atoms with Crippen molar-refractivity contribution in [2.24, 2.45) is 11.3 Å². The molecule has 2 aromatic carbocycles. The summed E-state index contributed by atoms with van der Waals surface area (Å²) in [5, 5.41) is 0. The molecule has 0 aromatic heterocycles. The second kappa shape index (κ2) is 6.84. The summed E-state index contributed by atoms with van der Waals surface area (Å²) in [4.78, 5) is 0. The molecule has 0 unspecified atom stereocenters. The van der Waals surface area contributed by atoms with Gasteiger partial charge in [-0.2, -0.15) is 0 Å². The molecule has 0 spiro atoms. The fourth-order valence-corrected chi connectivity index (χ4v) is 3.55. The van der Waals surface area contributed by atoms with Crippen LogP contribution in [0.3, 0.4) is 0 Å². The molecule has 0 nitrogen and oxygen atoms in total. The van der Waals surface area contributed by atoms with Crippen molar-refractivity contribution in [1.82, 2.24) is 0 Å². The van der Waals surface area contributed by atoms with E-state index in [4.69, 9.17) is 6.42 Å². The van der Waals surface area contributed by atoms with Crippen LogP contribution < -0.4 is 0 Å². The van der Waals surface area contributed by atoms with Crippen LogP contribution in [0, 0.1) is 23.7 Å². The van der Waals surface area contributed by atoms with E-state index < -0.39 is 0 Å². The molecule has 1 aliphatic carbocycles. The van der Waals surface area contributed by atoms with Gasteiger partial charge in [0, 0.05) is 5.41 Å². The number of terminal acetylenes is 1. The molecule has 3 rings (SSSR count). The lowest BCUT2D eigenvalue weighted by Crippen LogP contribution is -2.03. The molecule has 1 aliphatic rings. The van der Waals surface area contributed by atoms with Gasteiger partial charge in [-0.25, -0.2) is 0 Å². The minimum atomic E-state index is 0.198. The Bertz CT molecular complexity index is 620. The number of rotatable bonds is 7. The van der Waals surface area contributed by atoms with Gasteiger partial charge >= 0.3 is 0 Å². The topological polar surface area (TPSA) is 0 Å². The van der Waals surface area contributed by atoms with Crippen molar-refractivity contribution < 1.29 is 0 Å². The summed E-state index contributed by atoms with van der Waals surface area (Å²) in [6.45, 7) is 0. The van der Waals surface area contributed by atoms with Crippen LogP contribution in [0.4, 0.5) is 0 Å². The van der Waals surface area contributed by atoms with E-state index >= 15 is 0 Å². The van der Waals surface area contributed by atoms with E-state index in [1.54, 1.807) is 0 Å². The van der Waals surface area contributed by atoms with E-state index in [-0.39, 0.29) is 5.41 Å². The first-order chi connectivity index (χ1) is 10.8. The van der Waals surface area contributed by atoms with Crippen LogP contribution in [0.15, 0.2) is 60.7 Å². The largest absolute Gasteiger partial charge is 0.120 e. The summed E-state index contributed by atoms with van der Waals surface area (Å²) >= 11 is 0. The summed E-state index contributed by atoms with van der Waals surface area (Å²) in [7, 11) is 0. The first-order valence-corrected chi connectivity index (χ1v) is 8.38. The number of hydrogen-bond donors (Lipinski definition) is 0. The van der Waals surface area contributed by atoms with Crippen LogP contribution in [0.1, 0.15) is 36.8 Å². The van der Waals surface area contributed by atoms with Crippen molar-refractivity contribution in [2.75, 3.05) is 0 Å². The maximum absolute atomic E-state index is 5.86. The molecular formula is C22H24. The highest BCUT2D eigenvalue weighted by Crippen LogP contribution is 2.57. The van der Waals surface area contributed by atoms with Gasteiger partial charge in [0.25, 0.3) is 0 Å². The zero-order valence-electron chi connectivity index (χ0n) is 13.2. The van der Waals surface area contributed by atoms with E-state index in [0.717, 1.165) is 18.8 Å². The predicted octanol–water partition coefficient (Wildman–Crippen LogP) is 5.28. The number of aryl methyl sites for hydroxylation is 2. The minimum Gasteiger partial charge on any atom is -0.120 e. The molecule has 22 heavy (non-hydrogen) atoms. The second-order valence-corrected chi connectivity index (χ2v) is 6.56. The Kier molecular flexibility index (Phi) is 4.64. The lowest BCUT2D eigenvalue weighted by Gasteiger charge is -2.11. The second-order valence-electron chi connectivity index (χ2n) is 6.56. The van der Waals surface area contributed by atoms with E-state index in [0.29, 0.717) is 0 Å². The first kappa shape index (κ1) is 14.9. The summed E-state index contributed by atoms with van der Waals surface area (Å²) in [6.07, 6.45) is 13.0. The molecule has 2 atom stereocenters. The molecular weight excluding hydrogens is 264 g/mol. The Balaban J connectivity index is 1.45. The van der Waals surface area contributed by atoms with E-state index in [1.165, 1.54) is 36.8 Å². The molecule has 0 aliphatic heterocycles. The predicted molar refractivity (Wildman–Crippen MR) is 93.5 cm³/mol. The molecule has 1 fully saturated rings. The SMILES string of the molecule is C#C[C@]1(CCCc2ccccc2)C[C@H]1CCc1ccccc1. The van der Waals surface area contributed by atoms with Gasteiger partial charge in [0.1, 0.15) is 0 Å². The maximum Gasteiger partial charge on any atom is 0.0344 e. The van der Waals surface area contributed by atoms with Gasteiger partial charge in [-0.15, -0.1) is 6.42 Å². The van der Waals surface area contributed by atoms with Gasteiger partial charge in [-0.1, -0.05) is 66.6 Å². The monoisotopic (exact) mass is 288 g/mol. The van der Waals surface area contributed by atoms with Gasteiger partial charge < -0.3 is 0 Å². The van der Waals surface area contributed by atoms with Crippen LogP contribution in [-0.2, 0) is 12.8 Å². The summed E-state index contributed by atoms with van der Waals surface area (Å²) in [5.41, 5.74) is 3.06. The molecule has 0 radical (unpaired) electrons. The molecule has 0 heterocycles. The molecule has 0 bridgehead atoms. The Morgan fingerprint density at radius 3 is 2.09 bits per heavy atom. The maximum atomic E-state index is 5.86. The lowest BCUT2D eigenvalue weighted by molar-refractivity contribution is 0.498. The van der Waals surface area contributed by atoms with Crippen LogP contribution in [0.2, 0.25) is 0 Å². The van der Waals surface area contributed by atoms with Gasteiger partial charge in [0.2, 0.25) is 0 Å². The van der Waals surface area contributed by atoms with Crippen molar-refractivity contribution in [2.45, 2.75) is 38.5 Å². The van der Waals surface area contributed by atoms with Crippen molar-refractivity contribution in [1.29, 1.82) is 0 Å². The van der Waals surface area contributed by atoms with E-state index in [9.17, 15) is 0 Å². The zero-order valence-corrected chi connectivity index (χ0v) is 13.2. The van der Waals surface area contributed by atoms with Crippen LogP contribution >= 0.6 is 0 Å². The third kappa shape index (κ3) is 3.60. The fourth-order valence-electron chi connectivity index (χ4n) is 3.55. The molecule has 1 saturated carbocycles. The smallest absolute Gasteiger partial charge is 0.0344 e. The van der Waals surface area contributed by atoms with Crippen LogP contribution in [0.25, 0.3) is 0 Å². The van der Waals surface area contributed by atoms with Crippen molar-refractivity contribution in [3.05, 3.63) is 71.8 Å². The molecule has 2 aromatic rings. The minimum absolute atomic E-state index is 0.198. The molecule has 0 heteroatoms. The third-order valence-corrected chi connectivity index (χ3v) is 5.07. The van der Waals surface area contributed by atoms with Gasteiger partial charge in [0.05, 0.1) is 0 Å². The number of hydrogen-bond acceptors (Lipinski definition) is 0. The van der Waals surface area contributed by atoms with Gasteiger partial charge in [-0.05, 0) is 55.6 Å². The molecule has 0 N–H and O–H groups in total. The summed E-state index contributed by atoms with van der Waals surface area (Å²) < 4.78 is 0. The third-order valence-electron chi connectivity index (χ3n) is 5.07. The van der Waals surface area contributed by atoms with E-state index in [2.05, 4.69) is 66.6 Å². The molecule has 112 valence electrons. The highest BCUT2D eigenvalue weighted by atomic mass is 14.5. The van der Waals surface area contributed by atoms with E-state index in [1.807, 2.05) is 0 Å².